The molecule has 1 heterocycles. The highest BCUT2D eigenvalue weighted by molar-refractivity contribution is 6.29. The van der Waals surface area contributed by atoms with E-state index >= 15 is 0 Å². The van der Waals surface area contributed by atoms with E-state index in [0.717, 1.165) is 0 Å². The lowest BCUT2D eigenvalue weighted by molar-refractivity contribution is -0.118. The van der Waals surface area contributed by atoms with Gasteiger partial charge in [-0.2, -0.15) is 0 Å². The van der Waals surface area contributed by atoms with Crippen LogP contribution in [0.1, 0.15) is 29.4 Å². The van der Waals surface area contributed by atoms with Gasteiger partial charge in [0.15, 0.2) is 5.69 Å². The van der Waals surface area contributed by atoms with Crippen molar-refractivity contribution in [1.29, 1.82) is 0 Å². The third kappa shape index (κ3) is 4.55. The molecule has 0 aliphatic carbocycles. The van der Waals surface area contributed by atoms with Crippen molar-refractivity contribution in [3.8, 4) is 0 Å². The second-order valence-corrected chi connectivity index (χ2v) is 3.94. The van der Waals surface area contributed by atoms with Crippen molar-refractivity contribution in [2.75, 3.05) is 6.54 Å². The van der Waals surface area contributed by atoms with Gasteiger partial charge in [0.2, 0.25) is 5.91 Å². The fraction of sp³-hybridized carbons (Fsp3) is 0.250. The Morgan fingerprint density at radius 1 is 1.50 bits per heavy atom. The van der Waals surface area contributed by atoms with Gasteiger partial charge in [0.25, 0.3) is 0 Å². The SMILES string of the molecule is CC(=O)NCCC=Cc1ccc(Cl)nc1C(=O)O. The Bertz CT molecular complexity index is 486. The van der Waals surface area contributed by atoms with Gasteiger partial charge in [0.05, 0.1) is 0 Å². The zero-order valence-corrected chi connectivity index (χ0v) is 10.6. The standard InChI is InChI=1S/C12H13ClN2O3/c1-8(16)14-7-3-2-4-9-5-6-10(13)15-11(9)12(17)18/h2,4-6H,3,7H2,1H3,(H,14,16)(H,17,18). The number of halogens is 1. The number of pyridine rings is 1. The zero-order chi connectivity index (χ0) is 13.5. The molecule has 96 valence electrons. The lowest BCUT2D eigenvalue weighted by atomic mass is 10.1. The number of carbonyl (C=O) groups excluding carboxylic acids is 1. The van der Waals surface area contributed by atoms with E-state index in [0.29, 0.717) is 18.5 Å². The largest absolute Gasteiger partial charge is 0.476 e. The van der Waals surface area contributed by atoms with Gasteiger partial charge in [0, 0.05) is 19.0 Å². The molecule has 0 aliphatic heterocycles. The maximum Gasteiger partial charge on any atom is 0.355 e. The minimum Gasteiger partial charge on any atom is -0.476 e. The number of rotatable bonds is 5. The number of nitrogens with zero attached hydrogens (tertiary/aromatic N) is 1. The van der Waals surface area contributed by atoms with E-state index in [1.807, 2.05) is 0 Å². The summed E-state index contributed by atoms with van der Waals surface area (Å²) in [6.45, 7) is 1.95. The zero-order valence-electron chi connectivity index (χ0n) is 9.81. The average Bonchev–Trinajstić information content (AvgIpc) is 2.29. The molecule has 0 atom stereocenters. The Morgan fingerprint density at radius 2 is 2.22 bits per heavy atom. The minimum absolute atomic E-state index is 0.0849. The first-order valence-electron chi connectivity index (χ1n) is 5.31. The maximum atomic E-state index is 10.9. The van der Waals surface area contributed by atoms with E-state index in [9.17, 15) is 9.59 Å². The summed E-state index contributed by atoms with van der Waals surface area (Å²) in [5, 5.41) is 11.7. The predicted molar refractivity (Wildman–Crippen MR) is 68.5 cm³/mol. The summed E-state index contributed by atoms with van der Waals surface area (Å²) in [5.41, 5.74) is 0.396. The summed E-state index contributed by atoms with van der Waals surface area (Å²) in [4.78, 5) is 25.3. The normalized spacial score (nSPS) is 10.6. The summed E-state index contributed by atoms with van der Waals surface area (Å²) in [5.74, 6) is -1.22. The van der Waals surface area contributed by atoms with Crippen LogP contribution in [0.4, 0.5) is 0 Å². The highest BCUT2D eigenvalue weighted by Crippen LogP contribution is 2.13. The summed E-state index contributed by atoms with van der Waals surface area (Å²) < 4.78 is 0. The van der Waals surface area contributed by atoms with Gasteiger partial charge in [-0.25, -0.2) is 9.78 Å². The van der Waals surface area contributed by atoms with Gasteiger partial charge in [-0.1, -0.05) is 23.8 Å². The first-order valence-corrected chi connectivity index (χ1v) is 5.69. The monoisotopic (exact) mass is 268 g/mol. The highest BCUT2D eigenvalue weighted by atomic mass is 35.5. The first-order chi connectivity index (χ1) is 8.50. The van der Waals surface area contributed by atoms with E-state index < -0.39 is 5.97 Å². The average molecular weight is 269 g/mol. The molecule has 1 aromatic rings. The van der Waals surface area contributed by atoms with Crippen molar-refractivity contribution in [2.45, 2.75) is 13.3 Å². The summed E-state index contributed by atoms with van der Waals surface area (Å²) in [6, 6.07) is 3.12. The van der Waals surface area contributed by atoms with Crippen molar-refractivity contribution in [3.05, 3.63) is 34.6 Å². The molecule has 0 saturated carbocycles. The Balaban J connectivity index is 2.69. The molecule has 1 amide bonds. The third-order valence-electron chi connectivity index (χ3n) is 2.08. The summed E-state index contributed by atoms with van der Waals surface area (Å²) in [6.07, 6.45) is 4.03. The molecule has 0 bridgehead atoms. The van der Waals surface area contributed by atoms with E-state index in [1.165, 1.54) is 13.0 Å². The number of amides is 1. The number of carbonyl (C=O) groups is 2. The first kappa shape index (κ1) is 14.2. The molecule has 0 aromatic carbocycles. The molecule has 6 heteroatoms. The molecule has 0 spiro atoms. The third-order valence-corrected chi connectivity index (χ3v) is 2.29. The van der Waals surface area contributed by atoms with E-state index in [1.54, 1.807) is 18.2 Å². The highest BCUT2D eigenvalue weighted by Gasteiger charge is 2.10. The number of carboxylic acids is 1. The van der Waals surface area contributed by atoms with Crippen LogP contribution in [0.25, 0.3) is 6.08 Å². The fourth-order valence-electron chi connectivity index (χ4n) is 1.29. The fourth-order valence-corrected chi connectivity index (χ4v) is 1.44. The number of carboxylic acid groups (broad SMARTS) is 1. The van der Waals surface area contributed by atoms with Crippen molar-refractivity contribution >= 4 is 29.6 Å². The van der Waals surface area contributed by atoms with Gasteiger partial charge < -0.3 is 10.4 Å². The van der Waals surface area contributed by atoms with Gasteiger partial charge in [-0.05, 0) is 18.6 Å². The van der Waals surface area contributed by atoms with Crippen LogP contribution in [0.2, 0.25) is 5.15 Å². The van der Waals surface area contributed by atoms with Gasteiger partial charge in [-0.15, -0.1) is 0 Å². The number of aromatic nitrogens is 1. The predicted octanol–water partition coefficient (Wildman–Crippen LogP) is 1.97. The van der Waals surface area contributed by atoms with Crippen LogP contribution in [-0.4, -0.2) is 28.5 Å². The van der Waals surface area contributed by atoms with E-state index in [-0.39, 0.29) is 16.8 Å². The lowest BCUT2D eigenvalue weighted by Crippen LogP contribution is -2.20. The van der Waals surface area contributed by atoms with Crippen LogP contribution in [0, 0.1) is 0 Å². The minimum atomic E-state index is -1.13. The van der Waals surface area contributed by atoms with Crippen LogP contribution in [0.5, 0.6) is 0 Å². The topological polar surface area (TPSA) is 79.3 Å². The van der Waals surface area contributed by atoms with Crippen molar-refractivity contribution in [3.63, 3.8) is 0 Å². The van der Waals surface area contributed by atoms with Gasteiger partial charge in [0.1, 0.15) is 5.15 Å². The summed E-state index contributed by atoms with van der Waals surface area (Å²) >= 11 is 5.63. The summed E-state index contributed by atoms with van der Waals surface area (Å²) in [7, 11) is 0. The molecule has 5 nitrogen and oxygen atoms in total. The van der Waals surface area contributed by atoms with Crippen molar-refractivity contribution in [2.24, 2.45) is 0 Å². The maximum absolute atomic E-state index is 10.9. The van der Waals surface area contributed by atoms with Crippen molar-refractivity contribution in [1.82, 2.24) is 10.3 Å². The Labute approximate surface area is 109 Å². The number of nitrogens with one attached hydrogen (secondary N) is 1. The van der Waals surface area contributed by atoms with Crippen LogP contribution < -0.4 is 5.32 Å². The van der Waals surface area contributed by atoms with E-state index in [2.05, 4.69) is 10.3 Å². The molecule has 18 heavy (non-hydrogen) atoms. The quantitative estimate of drug-likeness (QED) is 0.632. The molecule has 0 fully saturated rings. The number of aromatic carboxylic acids is 1. The molecule has 0 aliphatic rings. The second-order valence-electron chi connectivity index (χ2n) is 3.55. The molecule has 1 rings (SSSR count). The van der Waals surface area contributed by atoms with Crippen LogP contribution in [-0.2, 0) is 4.79 Å². The number of hydrogen-bond acceptors (Lipinski definition) is 3. The molecule has 1 aromatic heterocycles. The number of hydrogen-bond donors (Lipinski definition) is 2. The molecule has 0 saturated heterocycles. The van der Waals surface area contributed by atoms with Gasteiger partial charge >= 0.3 is 5.97 Å². The van der Waals surface area contributed by atoms with E-state index in [4.69, 9.17) is 16.7 Å². The Morgan fingerprint density at radius 3 is 2.83 bits per heavy atom. The molecule has 0 radical (unpaired) electrons. The molecule has 0 unspecified atom stereocenters. The van der Waals surface area contributed by atoms with Crippen molar-refractivity contribution < 1.29 is 14.7 Å². The Kier molecular flexibility index (Phi) is 5.32. The smallest absolute Gasteiger partial charge is 0.355 e. The molecular weight excluding hydrogens is 256 g/mol. The molecular formula is C12H13ClN2O3. The Hall–Kier alpha value is -1.88. The lowest BCUT2D eigenvalue weighted by Gasteiger charge is -2.01. The van der Waals surface area contributed by atoms with Crippen LogP contribution in [0.3, 0.4) is 0 Å². The van der Waals surface area contributed by atoms with Gasteiger partial charge in [-0.3, -0.25) is 4.79 Å². The second kappa shape index (κ2) is 6.76. The molecule has 2 N–H and O–H groups in total. The van der Waals surface area contributed by atoms with Crippen LogP contribution in [0.15, 0.2) is 18.2 Å². The van der Waals surface area contributed by atoms with Crippen LogP contribution >= 0.6 is 11.6 Å².